The molecule has 0 atom stereocenters. The monoisotopic (exact) mass is 248 g/mol. The fraction of sp³-hybridized carbons (Fsp3) is 0.154. The Hall–Kier alpha value is -1.55. The first-order valence-electron chi connectivity index (χ1n) is 5.22. The van der Waals surface area contributed by atoms with Gasteiger partial charge in [0.25, 0.3) is 0 Å². The number of hydrogen-bond donors (Lipinski definition) is 1. The number of nitrogen functional groups attached to an aromatic ring is 1. The highest BCUT2D eigenvalue weighted by molar-refractivity contribution is 7.99. The molecule has 2 rings (SSSR count). The third-order valence-electron chi connectivity index (χ3n) is 2.19. The van der Waals surface area contributed by atoms with Gasteiger partial charge in [-0.25, -0.2) is 9.37 Å². The van der Waals surface area contributed by atoms with Crippen molar-refractivity contribution in [3.05, 3.63) is 47.4 Å². The smallest absolute Gasteiger partial charge is 0.126 e. The SMILES string of the molecule is Cc1cc(C)nc(Sc2cc(N)cc(F)c2)c1. The van der Waals surface area contributed by atoms with Gasteiger partial charge in [-0.1, -0.05) is 11.8 Å². The maximum Gasteiger partial charge on any atom is 0.126 e. The molecule has 0 aliphatic heterocycles. The van der Waals surface area contributed by atoms with Crippen LogP contribution in [0.15, 0.2) is 40.3 Å². The van der Waals surface area contributed by atoms with E-state index >= 15 is 0 Å². The number of nitrogens with two attached hydrogens (primary N) is 1. The standard InChI is InChI=1S/C13H13FN2S/c1-8-3-9(2)16-13(4-8)17-12-6-10(14)5-11(15)7-12/h3-7H,15H2,1-2H3. The quantitative estimate of drug-likeness (QED) is 0.826. The molecule has 1 aromatic carbocycles. The maximum absolute atomic E-state index is 13.2. The molecule has 0 saturated carbocycles. The summed E-state index contributed by atoms with van der Waals surface area (Å²) in [6, 6.07) is 8.48. The molecular formula is C13H13FN2S. The number of anilines is 1. The van der Waals surface area contributed by atoms with Crippen LogP contribution in [0.3, 0.4) is 0 Å². The van der Waals surface area contributed by atoms with Crippen molar-refractivity contribution in [1.82, 2.24) is 4.98 Å². The fourth-order valence-corrected chi connectivity index (χ4v) is 2.66. The van der Waals surface area contributed by atoms with E-state index in [0.717, 1.165) is 21.2 Å². The predicted octanol–water partition coefficient (Wildman–Crippen LogP) is 3.57. The average Bonchev–Trinajstić information content (AvgIpc) is 2.13. The van der Waals surface area contributed by atoms with Gasteiger partial charge in [-0.15, -0.1) is 0 Å². The van der Waals surface area contributed by atoms with Crippen LogP contribution in [0.25, 0.3) is 0 Å². The lowest BCUT2D eigenvalue weighted by molar-refractivity contribution is 0.625. The van der Waals surface area contributed by atoms with Gasteiger partial charge in [0.1, 0.15) is 10.8 Å². The number of aromatic nitrogens is 1. The maximum atomic E-state index is 13.2. The molecule has 4 heteroatoms. The third kappa shape index (κ3) is 3.20. The lowest BCUT2D eigenvalue weighted by atomic mass is 10.3. The first-order valence-corrected chi connectivity index (χ1v) is 6.04. The topological polar surface area (TPSA) is 38.9 Å². The van der Waals surface area contributed by atoms with Crippen LogP contribution < -0.4 is 5.73 Å². The summed E-state index contributed by atoms with van der Waals surface area (Å²) in [5.41, 5.74) is 8.13. The Balaban J connectivity index is 2.31. The fourth-order valence-electron chi connectivity index (χ4n) is 1.62. The summed E-state index contributed by atoms with van der Waals surface area (Å²) in [7, 11) is 0. The molecule has 0 aliphatic rings. The third-order valence-corrected chi connectivity index (χ3v) is 3.08. The highest BCUT2D eigenvalue weighted by Crippen LogP contribution is 2.29. The molecule has 0 amide bonds. The largest absolute Gasteiger partial charge is 0.399 e. The Morgan fingerprint density at radius 1 is 1.12 bits per heavy atom. The molecule has 17 heavy (non-hydrogen) atoms. The number of hydrogen-bond acceptors (Lipinski definition) is 3. The van der Waals surface area contributed by atoms with Crippen LogP contribution in [0.5, 0.6) is 0 Å². The minimum absolute atomic E-state index is 0.322. The zero-order valence-corrected chi connectivity index (χ0v) is 10.5. The molecule has 1 aromatic heterocycles. The first-order chi connectivity index (χ1) is 8.02. The number of rotatable bonds is 2. The Bertz CT molecular complexity index is 465. The predicted molar refractivity (Wildman–Crippen MR) is 68.6 cm³/mol. The second kappa shape index (κ2) is 4.75. The summed E-state index contributed by atoms with van der Waals surface area (Å²) >= 11 is 1.41. The number of pyridine rings is 1. The second-order valence-electron chi connectivity index (χ2n) is 3.95. The van der Waals surface area contributed by atoms with Gasteiger partial charge in [0.05, 0.1) is 0 Å². The molecule has 0 bridgehead atoms. The van der Waals surface area contributed by atoms with E-state index in [1.54, 1.807) is 6.07 Å². The lowest BCUT2D eigenvalue weighted by Gasteiger charge is -2.05. The summed E-state index contributed by atoms with van der Waals surface area (Å²) in [6.07, 6.45) is 0. The van der Waals surface area contributed by atoms with Crippen molar-refractivity contribution in [3.8, 4) is 0 Å². The first kappa shape index (κ1) is 11.9. The van der Waals surface area contributed by atoms with Crippen LogP contribution in [0.4, 0.5) is 10.1 Å². The highest BCUT2D eigenvalue weighted by atomic mass is 32.2. The number of halogens is 1. The van der Waals surface area contributed by atoms with Crippen molar-refractivity contribution in [2.24, 2.45) is 0 Å². The van der Waals surface area contributed by atoms with Crippen molar-refractivity contribution in [2.45, 2.75) is 23.8 Å². The molecule has 2 nitrogen and oxygen atoms in total. The molecule has 0 aliphatic carbocycles. The number of nitrogens with zero attached hydrogens (tertiary/aromatic N) is 1. The molecule has 0 unspecified atom stereocenters. The highest BCUT2D eigenvalue weighted by Gasteiger charge is 2.03. The van der Waals surface area contributed by atoms with E-state index < -0.39 is 0 Å². The van der Waals surface area contributed by atoms with Crippen LogP contribution in [0.2, 0.25) is 0 Å². The van der Waals surface area contributed by atoms with E-state index in [9.17, 15) is 4.39 Å². The molecule has 88 valence electrons. The van der Waals surface area contributed by atoms with Crippen molar-refractivity contribution >= 4 is 17.4 Å². The second-order valence-corrected chi connectivity index (χ2v) is 5.04. The molecule has 0 spiro atoms. The van der Waals surface area contributed by atoms with Crippen molar-refractivity contribution in [1.29, 1.82) is 0 Å². The Labute approximate surface area is 104 Å². The van der Waals surface area contributed by atoms with Gasteiger partial charge in [-0.2, -0.15) is 0 Å². The average molecular weight is 248 g/mol. The van der Waals surface area contributed by atoms with Crippen molar-refractivity contribution in [3.63, 3.8) is 0 Å². The van der Waals surface area contributed by atoms with E-state index in [0.29, 0.717) is 5.69 Å². The normalized spacial score (nSPS) is 10.5. The van der Waals surface area contributed by atoms with Gasteiger partial charge in [0.2, 0.25) is 0 Å². The molecule has 2 N–H and O–H groups in total. The van der Waals surface area contributed by atoms with E-state index in [2.05, 4.69) is 4.98 Å². The van der Waals surface area contributed by atoms with Gasteiger partial charge in [-0.3, -0.25) is 0 Å². The molecule has 0 fully saturated rings. The van der Waals surface area contributed by atoms with Crippen LogP contribution >= 0.6 is 11.8 Å². The van der Waals surface area contributed by atoms with Crippen LogP contribution in [-0.2, 0) is 0 Å². The lowest BCUT2D eigenvalue weighted by Crippen LogP contribution is -1.89. The zero-order valence-electron chi connectivity index (χ0n) is 9.70. The van der Waals surface area contributed by atoms with E-state index in [-0.39, 0.29) is 5.82 Å². The number of benzene rings is 1. The molecule has 1 heterocycles. The number of aryl methyl sites for hydroxylation is 2. The summed E-state index contributed by atoms with van der Waals surface area (Å²) in [6.45, 7) is 3.95. The molecule has 0 radical (unpaired) electrons. The molecule has 0 saturated heterocycles. The van der Waals surface area contributed by atoms with Gasteiger partial charge in [0.15, 0.2) is 0 Å². The van der Waals surface area contributed by atoms with Crippen molar-refractivity contribution in [2.75, 3.05) is 5.73 Å². The Morgan fingerprint density at radius 3 is 2.53 bits per heavy atom. The van der Waals surface area contributed by atoms with Gasteiger partial charge in [0, 0.05) is 16.3 Å². The van der Waals surface area contributed by atoms with E-state index in [1.165, 1.54) is 23.9 Å². The zero-order chi connectivity index (χ0) is 12.4. The Morgan fingerprint density at radius 2 is 1.88 bits per heavy atom. The molecular weight excluding hydrogens is 235 g/mol. The van der Waals surface area contributed by atoms with E-state index in [4.69, 9.17) is 5.73 Å². The Kier molecular flexibility index (Phi) is 3.33. The molecule has 2 aromatic rings. The van der Waals surface area contributed by atoms with Crippen LogP contribution in [0, 0.1) is 19.7 Å². The van der Waals surface area contributed by atoms with Gasteiger partial charge in [-0.05, 0) is 49.7 Å². The summed E-state index contributed by atoms with van der Waals surface area (Å²) in [5.74, 6) is -0.322. The van der Waals surface area contributed by atoms with Crippen LogP contribution in [-0.4, -0.2) is 4.98 Å². The minimum Gasteiger partial charge on any atom is -0.399 e. The summed E-state index contributed by atoms with van der Waals surface area (Å²) in [5, 5.41) is 0.854. The van der Waals surface area contributed by atoms with Crippen LogP contribution in [0.1, 0.15) is 11.3 Å². The van der Waals surface area contributed by atoms with Gasteiger partial charge < -0.3 is 5.73 Å². The summed E-state index contributed by atoms with van der Waals surface area (Å²) < 4.78 is 13.2. The van der Waals surface area contributed by atoms with Gasteiger partial charge >= 0.3 is 0 Å². The minimum atomic E-state index is -0.322. The summed E-state index contributed by atoms with van der Waals surface area (Å²) in [4.78, 5) is 5.15. The van der Waals surface area contributed by atoms with Crippen molar-refractivity contribution < 1.29 is 4.39 Å². The van der Waals surface area contributed by atoms with E-state index in [1.807, 2.05) is 26.0 Å².